The van der Waals surface area contributed by atoms with Gasteiger partial charge in [-0.25, -0.2) is 4.39 Å². The van der Waals surface area contributed by atoms with Gasteiger partial charge in [-0.1, -0.05) is 29.8 Å². The molecule has 1 aliphatic heterocycles. The van der Waals surface area contributed by atoms with Crippen LogP contribution in [0.25, 0.3) is 6.08 Å². The lowest BCUT2D eigenvalue weighted by atomic mass is 10.1. The molecule has 0 spiro atoms. The fourth-order valence-electron chi connectivity index (χ4n) is 2.48. The molecule has 28 heavy (non-hydrogen) atoms. The van der Waals surface area contributed by atoms with E-state index in [-0.39, 0.29) is 28.1 Å². The number of likely N-dealkylation sites (N-methyl/N-ethyl adjacent to an activating group) is 1. The second kappa shape index (κ2) is 8.38. The molecular weight excluding hydrogens is 471 g/mol. The van der Waals surface area contributed by atoms with Crippen LogP contribution < -0.4 is 10.1 Å². The van der Waals surface area contributed by atoms with Gasteiger partial charge in [0.15, 0.2) is 10.9 Å². The maximum Gasteiger partial charge on any atom is 0.265 e. The van der Waals surface area contributed by atoms with Crippen LogP contribution in [0.5, 0.6) is 5.75 Å². The van der Waals surface area contributed by atoms with Gasteiger partial charge in [-0.15, -0.1) is 0 Å². The van der Waals surface area contributed by atoms with Gasteiger partial charge in [0.2, 0.25) is 0 Å². The number of rotatable bonds is 4. The van der Waals surface area contributed by atoms with E-state index >= 15 is 0 Å². The van der Waals surface area contributed by atoms with Crippen molar-refractivity contribution in [2.24, 2.45) is 0 Å². The van der Waals surface area contributed by atoms with E-state index in [0.717, 1.165) is 0 Å². The summed E-state index contributed by atoms with van der Waals surface area (Å²) in [6, 6.07) is 9.45. The van der Waals surface area contributed by atoms with Gasteiger partial charge in [0.1, 0.15) is 18.0 Å². The molecule has 0 atom stereocenters. The van der Waals surface area contributed by atoms with Gasteiger partial charge in [-0.3, -0.25) is 19.8 Å². The Bertz CT molecular complexity index is 1000. The van der Waals surface area contributed by atoms with Crippen LogP contribution in [0.4, 0.5) is 4.39 Å². The molecule has 0 aromatic heterocycles. The third-order valence-electron chi connectivity index (χ3n) is 3.97. The molecule has 0 bridgehead atoms. The normalized spacial score (nSPS) is 15.8. The molecule has 3 rings (SSSR count). The Morgan fingerprint density at radius 1 is 1.32 bits per heavy atom. The number of thiocarbonyl (C=S) groups is 1. The fourth-order valence-corrected chi connectivity index (χ4v) is 3.64. The Kier molecular flexibility index (Phi) is 6.12. The van der Waals surface area contributed by atoms with E-state index in [1.807, 2.05) is 0 Å². The summed E-state index contributed by atoms with van der Waals surface area (Å²) in [5.74, 6) is -1.15. The van der Waals surface area contributed by atoms with Crippen LogP contribution in [-0.2, 0) is 16.2 Å². The maximum absolute atomic E-state index is 13.7. The zero-order valence-corrected chi connectivity index (χ0v) is 17.6. The summed E-state index contributed by atoms with van der Waals surface area (Å²) in [6.45, 7) is -0.00540. The van der Waals surface area contributed by atoms with Crippen molar-refractivity contribution in [3.8, 4) is 5.75 Å². The van der Waals surface area contributed by atoms with Gasteiger partial charge in [0.25, 0.3) is 11.8 Å². The van der Waals surface area contributed by atoms with Crippen molar-refractivity contribution < 1.29 is 18.7 Å². The maximum atomic E-state index is 13.7. The Hall–Kier alpha value is -2.29. The highest BCUT2D eigenvalue weighted by Crippen LogP contribution is 2.36. The minimum Gasteiger partial charge on any atom is -0.486 e. The molecule has 1 heterocycles. The summed E-state index contributed by atoms with van der Waals surface area (Å²) in [5.41, 5.74) is 0.828. The largest absolute Gasteiger partial charge is 0.486 e. The smallest absolute Gasteiger partial charge is 0.265 e. The van der Waals surface area contributed by atoms with Crippen molar-refractivity contribution in [2.45, 2.75) is 6.61 Å². The quantitative estimate of drug-likeness (QED) is 0.405. The summed E-state index contributed by atoms with van der Waals surface area (Å²) in [6.07, 6.45) is 1.41. The van der Waals surface area contributed by atoms with Crippen molar-refractivity contribution in [3.63, 3.8) is 0 Å². The first-order valence-corrected chi connectivity index (χ1v) is 9.56. The number of halogens is 3. The molecule has 1 saturated heterocycles. The topological polar surface area (TPSA) is 58.6 Å². The Morgan fingerprint density at radius 2 is 2.04 bits per heavy atom. The van der Waals surface area contributed by atoms with E-state index < -0.39 is 11.8 Å². The lowest BCUT2D eigenvalue weighted by Gasteiger charge is -2.25. The highest BCUT2D eigenvalue weighted by Gasteiger charge is 2.30. The molecule has 1 N–H and O–H groups in total. The number of amides is 2. The van der Waals surface area contributed by atoms with Gasteiger partial charge in [-0.05, 0) is 58.0 Å². The molecule has 1 fully saturated rings. The predicted octanol–water partition coefficient (Wildman–Crippen LogP) is 4.08. The molecule has 5 nitrogen and oxygen atoms in total. The number of ether oxygens (including phenoxy) is 1. The Labute approximate surface area is 179 Å². The molecule has 144 valence electrons. The van der Waals surface area contributed by atoms with E-state index in [2.05, 4.69) is 21.2 Å². The van der Waals surface area contributed by atoms with Gasteiger partial charge < -0.3 is 4.74 Å². The van der Waals surface area contributed by atoms with Gasteiger partial charge in [0.05, 0.1) is 9.50 Å². The minimum absolute atomic E-state index is 0.00540. The highest BCUT2D eigenvalue weighted by molar-refractivity contribution is 9.10. The molecule has 2 amide bonds. The summed E-state index contributed by atoms with van der Waals surface area (Å²) in [4.78, 5) is 25.5. The second-order valence-electron chi connectivity index (χ2n) is 5.88. The number of carbonyl (C=O) groups is 2. The SMILES string of the molecule is CN1C(=O)/C(=C/c2cc(Cl)c(OCc3ccccc3F)c(Br)c2)C(=O)NC1=S. The van der Waals surface area contributed by atoms with Crippen LogP contribution in [0.3, 0.4) is 0 Å². The molecule has 9 heteroatoms. The number of hydrogen-bond donors (Lipinski definition) is 1. The van der Waals surface area contributed by atoms with Crippen LogP contribution in [0.1, 0.15) is 11.1 Å². The van der Waals surface area contributed by atoms with Crippen LogP contribution in [0, 0.1) is 5.82 Å². The average molecular weight is 484 g/mol. The monoisotopic (exact) mass is 482 g/mol. The molecular formula is C19H13BrClFN2O3S. The molecule has 0 unspecified atom stereocenters. The lowest BCUT2D eigenvalue weighted by Crippen LogP contribution is -2.52. The number of hydrogen-bond acceptors (Lipinski definition) is 4. The van der Waals surface area contributed by atoms with E-state index in [9.17, 15) is 14.0 Å². The van der Waals surface area contributed by atoms with Gasteiger partial charge in [0, 0.05) is 12.6 Å². The molecule has 0 radical (unpaired) electrons. The molecule has 0 saturated carbocycles. The van der Waals surface area contributed by atoms with Gasteiger partial charge >= 0.3 is 0 Å². The molecule has 1 aliphatic rings. The van der Waals surface area contributed by atoms with E-state index in [0.29, 0.717) is 21.3 Å². The number of carbonyl (C=O) groups excluding carboxylic acids is 2. The molecule has 0 aliphatic carbocycles. The highest BCUT2D eigenvalue weighted by atomic mass is 79.9. The first-order valence-electron chi connectivity index (χ1n) is 7.98. The Morgan fingerprint density at radius 3 is 2.71 bits per heavy atom. The third kappa shape index (κ3) is 4.24. The zero-order chi connectivity index (χ0) is 20.4. The Balaban J connectivity index is 1.86. The summed E-state index contributed by atoms with van der Waals surface area (Å²) in [5, 5.41) is 2.72. The molecule has 2 aromatic rings. The van der Waals surface area contributed by atoms with Crippen molar-refractivity contribution in [3.05, 3.63) is 68.4 Å². The van der Waals surface area contributed by atoms with Crippen molar-refractivity contribution in [2.75, 3.05) is 7.05 Å². The van der Waals surface area contributed by atoms with Crippen molar-refractivity contribution in [1.29, 1.82) is 0 Å². The van der Waals surface area contributed by atoms with Crippen LogP contribution in [0.15, 0.2) is 46.4 Å². The zero-order valence-electron chi connectivity index (χ0n) is 14.5. The van der Waals surface area contributed by atoms with Crippen LogP contribution in [0.2, 0.25) is 5.02 Å². The van der Waals surface area contributed by atoms with Crippen molar-refractivity contribution in [1.82, 2.24) is 10.2 Å². The van der Waals surface area contributed by atoms with Gasteiger partial charge in [-0.2, -0.15) is 0 Å². The van der Waals surface area contributed by atoms with E-state index in [1.54, 1.807) is 30.3 Å². The third-order valence-corrected chi connectivity index (χ3v) is 5.21. The van der Waals surface area contributed by atoms with Crippen LogP contribution in [-0.4, -0.2) is 28.9 Å². The van der Waals surface area contributed by atoms with Crippen molar-refractivity contribution >= 4 is 62.8 Å². The number of nitrogens with zero attached hydrogens (tertiary/aromatic N) is 1. The predicted molar refractivity (Wildman–Crippen MR) is 111 cm³/mol. The number of nitrogens with one attached hydrogen (secondary N) is 1. The lowest BCUT2D eigenvalue weighted by molar-refractivity contribution is -0.128. The summed E-state index contributed by atoms with van der Waals surface area (Å²) in [7, 11) is 1.47. The average Bonchev–Trinajstić information content (AvgIpc) is 2.64. The van der Waals surface area contributed by atoms with E-state index in [1.165, 1.54) is 24.1 Å². The second-order valence-corrected chi connectivity index (χ2v) is 7.52. The summed E-state index contributed by atoms with van der Waals surface area (Å²) >= 11 is 14.6. The van der Waals surface area contributed by atoms with E-state index in [4.69, 9.17) is 28.6 Å². The first kappa shape index (κ1) is 20.4. The standard InChI is InChI=1S/C19H13BrClFN2O3S/c1-24-18(26)12(17(25)23-19(24)28)6-10-7-13(20)16(14(21)8-10)27-9-11-4-2-3-5-15(11)22/h2-8H,9H2,1H3,(H,23,25,28)/b12-6+. The fraction of sp³-hybridized carbons (Fsp3) is 0.105. The number of benzene rings is 2. The minimum atomic E-state index is -0.583. The van der Waals surface area contributed by atoms with Crippen LogP contribution >= 0.6 is 39.7 Å². The summed E-state index contributed by atoms with van der Waals surface area (Å²) < 4.78 is 19.9. The molecule has 2 aromatic carbocycles. The first-order chi connectivity index (χ1) is 13.3.